The van der Waals surface area contributed by atoms with Crippen LogP contribution in [0, 0.1) is 5.82 Å². The standard InChI is InChI=1S/C15H24FN3O3S/c1-10(17)5-8-14(20)18-11-6-7-12(16)13(9-11)23(21,22)19-15(2,3)4/h6-7,9-10,19H,5,8,17H2,1-4H3,(H,18,20). The van der Waals surface area contributed by atoms with E-state index in [2.05, 4.69) is 10.0 Å². The average molecular weight is 345 g/mol. The minimum Gasteiger partial charge on any atom is -0.328 e. The fourth-order valence-electron chi connectivity index (χ4n) is 1.83. The second kappa shape index (κ2) is 7.37. The van der Waals surface area contributed by atoms with Crippen LogP contribution in [-0.4, -0.2) is 25.9 Å². The summed E-state index contributed by atoms with van der Waals surface area (Å²) < 4.78 is 40.7. The SMILES string of the molecule is CC(N)CCC(=O)Nc1ccc(F)c(S(=O)(=O)NC(C)(C)C)c1. The van der Waals surface area contributed by atoms with E-state index in [4.69, 9.17) is 5.73 Å². The largest absolute Gasteiger partial charge is 0.328 e. The third kappa shape index (κ3) is 6.64. The Morgan fingerprint density at radius 3 is 2.48 bits per heavy atom. The van der Waals surface area contributed by atoms with Gasteiger partial charge in [0.05, 0.1) is 0 Å². The van der Waals surface area contributed by atoms with Gasteiger partial charge in [0.2, 0.25) is 15.9 Å². The van der Waals surface area contributed by atoms with Crippen LogP contribution in [0.2, 0.25) is 0 Å². The van der Waals surface area contributed by atoms with Crippen molar-refractivity contribution in [2.75, 3.05) is 5.32 Å². The first-order chi connectivity index (χ1) is 10.4. The summed E-state index contributed by atoms with van der Waals surface area (Å²) in [6.07, 6.45) is 0.709. The van der Waals surface area contributed by atoms with Gasteiger partial charge in [-0.05, 0) is 52.3 Å². The van der Waals surface area contributed by atoms with Crippen molar-refractivity contribution < 1.29 is 17.6 Å². The lowest BCUT2D eigenvalue weighted by Crippen LogP contribution is -2.40. The quantitative estimate of drug-likeness (QED) is 0.733. The molecule has 1 atom stereocenters. The van der Waals surface area contributed by atoms with Crippen molar-refractivity contribution in [1.82, 2.24) is 4.72 Å². The number of hydrogen-bond donors (Lipinski definition) is 3. The van der Waals surface area contributed by atoms with Crippen molar-refractivity contribution in [3.8, 4) is 0 Å². The van der Waals surface area contributed by atoms with Crippen LogP contribution in [0.15, 0.2) is 23.1 Å². The van der Waals surface area contributed by atoms with Gasteiger partial charge in [0.15, 0.2) is 0 Å². The summed E-state index contributed by atoms with van der Waals surface area (Å²) in [7, 11) is -4.03. The molecular formula is C15H24FN3O3S. The highest BCUT2D eigenvalue weighted by molar-refractivity contribution is 7.89. The highest BCUT2D eigenvalue weighted by atomic mass is 32.2. The van der Waals surface area contributed by atoms with E-state index in [1.165, 1.54) is 6.07 Å². The Morgan fingerprint density at radius 1 is 1.35 bits per heavy atom. The maximum atomic E-state index is 13.9. The monoisotopic (exact) mass is 345 g/mol. The number of sulfonamides is 1. The fourth-order valence-corrected chi connectivity index (χ4v) is 3.35. The molecule has 0 aliphatic carbocycles. The summed E-state index contributed by atoms with van der Waals surface area (Å²) in [5, 5.41) is 2.55. The van der Waals surface area contributed by atoms with Crippen LogP contribution >= 0.6 is 0 Å². The van der Waals surface area contributed by atoms with Gasteiger partial charge in [-0.25, -0.2) is 17.5 Å². The van der Waals surface area contributed by atoms with E-state index < -0.39 is 26.3 Å². The maximum Gasteiger partial charge on any atom is 0.244 e. The molecule has 1 unspecified atom stereocenters. The molecule has 0 spiro atoms. The van der Waals surface area contributed by atoms with Crippen LogP contribution in [-0.2, 0) is 14.8 Å². The third-order valence-corrected chi connectivity index (χ3v) is 4.54. The molecule has 4 N–H and O–H groups in total. The first-order valence-electron chi connectivity index (χ1n) is 7.30. The van der Waals surface area contributed by atoms with Crippen LogP contribution in [0.3, 0.4) is 0 Å². The third-order valence-electron chi connectivity index (χ3n) is 2.77. The number of anilines is 1. The summed E-state index contributed by atoms with van der Waals surface area (Å²) in [5.41, 5.74) is 5.05. The molecule has 23 heavy (non-hydrogen) atoms. The molecule has 1 aromatic carbocycles. The van der Waals surface area contributed by atoms with E-state index in [1.807, 2.05) is 0 Å². The minimum absolute atomic E-state index is 0.110. The Bertz CT molecular complexity index is 667. The van der Waals surface area contributed by atoms with Crippen molar-refractivity contribution >= 4 is 21.6 Å². The normalized spacial score (nSPS) is 13.7. The molecule has 0 aliphatic rings. The second-order valence-electron chi connectivity index (χ2n) is 6.56. The van der Waals surface area contributed by atoms with E-state index in [1.54, 1.807) is 27.7 Å². The van der Waals surface area contributed by atoms with Crippen molar-refractivity contribution in [1.29, 1.82) is 0 Å². The molecule has 0 aromatic heterocycles. The van der Waals surface area contributed by atoms with Crippen LogP contribution in [0.1, 0.15) is 40.5 Å². The van der Waals surface area contributed by atoms with Crippen LogP contribution in [0.5, 0.6) is 0 Å². The molecule has 6 nitrogen and oxygen atoms in total. The van der Waals surface area contributed by atoms with Gasteiger partial charge >= 0.3 is 0 Å². The summed E-state index contributed by atoms with van der Waals surface area (Å²) in [6, 6.07) is 3.32. The van der Waals surface area contributed by atoms with Gasteiger partial charge in [-0.3, -0.25) is 4.79 Å². The topological polar surface area (TPSA) is 101 Å². The lowest BCUT2D eigenvalue weighted by Gasteiger charge is -2.20. The minimum atomic E-state index is -4.03. The van der Waals surface area contributed by atoms with Gasteiger partial charge in [0.25, 0.3) is 0 Å². The summed E-state index contributed by atoms with van der Waals surface area (Å²) in [5.74, 6) is -1.18. The molecule has 0 saturated carbocycles. The first kappa shape index (κ1) is 19.5. The van der Waals surface area contributed by atoms with Crippen molar-refractivity contribution in [3.63, 3.8) is 0 Å². The lowest BCUT2D eigenvalue weighted by atomic mass is 10.1. The van der Waals surface area contributed by atoms with Crippen LogP contribution in [0.25, 0.3) is 0 Å². The van der Waals surface area contributed by atoms with E-state index in [0.29, 0.717) is 6.42 Å². The number of carbonyl (C=O) groups is 1. The zero-order valence-electron chi connectivity index (χ0n) is 13.8. The highest BCUT2D eigenvalue weighted by Crippen LogP contribution is 2.21. The predicted octanol–water partition coefficient (Wildman–Crippen LogP) is 1.97. The summed E-state index contributed by atoms with van der Waals surface area (Å²) >= 11 is 0. The van der Waals surface area contributed by atoms with Crippen molar-refractivity contribution in [3.05, 3.63) is 24.0 Å². The lowest BCUT2D eigenvalue weighted by molar-refractivity contribution is -0.116. The Kier molecular flexibility index (Phi) is 6.26. The van der Waals surface area contributed by atoms with Gasteiger partial charge in [-0.15, -0.1) is 0 Å². The molecule has 0 saturated heterocycles. The molecule has 1 amide bonds. The highest BCUT2D eigenvalue weighted by Gasteiger charge is 2.25. The molecule has 0 bridgehead atoms. The predicted molar refractivity (Wildman–Crippen MR) is 88.0 cm³/mol. The van der Waals surface area contributed by atoms with Gasteiger partial charge < -0.3 is 11.1 Å². The summed E-state index contributed by atoms with van der Waals surface area (Å²) in [6.45, 7) is 6.75. The molecule has 0 fully saturated rings. The molecule has 1 aromatic rings. The van der Waals surface area contributed by atoms with Gasteiger partial charge in [0, 0.05) is 23.7 Å². The van der Waals surface area contributed by atoms with E-state index in [0.717, 1.165) is 12.1 Å². The Balaban J connectivity index is 2.98. The Labute approximate surface area is 136 Å². The number of rotatable bonds is 6. The number of hydrogen-bond acceptors (Lipinski definition) is 4. The number of nitrogens with two attached hydrogens (primary N) is 1. The second-order valence-corrected chi connectivity index (χ2v) is 8.22. The number of benzene rings is 1. The number of halogens is 1. The fraction of sp³-hybridized carbons (Fsp3) is 0.533. The van der Waals surface area contributed by atoms with E-state index in [9.17, 15) is 17.6 Å². The van der Waals surface area contributed by atoms with E-state index >= 15 is 0 Å². The first-order valence-corrected chi connectivity index (χ1v) is 8.78. The zero-order chi connectivity index (χ0) is 17.8. The zero-order valence-corrected chi connectivity index (χ0v) is 14.6. The Morgan fingerprint density at radius 2 is 1.96 bits per heavy atom. The van der Waals surface area contributed by atoms with Gasteiger partial charge in [0.1, 0.15) is 10.7 Å². The molecule has 0 aliphatic heterocycles. The van der Waals surface area contributed by atoms with Crippen LogP contribution < -0.4 is 15.8 Å². The molecular weight excluding hydrogens is 321 g/mol. The molecule has 1 rings (SSSR count). The van der Waals surface area contributed by atoms with Crippen molar-refractivity contribution in [2.45, 2.75) is 57.0 Å². The van der Waals surface area contributed by atoms with E-state index in [-0.39, 0.29) is 24.1 Å². The average Bonchev–Trinajstić information content (AvgIpc) is 2.35. The number of amides is 1. The molecule has 0 heterocycles. The molecule has 130 valence electrons. The Hall–Kier alpha value is -1.51. The van der Waals surface area contributed by atoms with Gasteiger partial charge in [-0.1, -0.05) is 0 Å². The molecule has 8 heteroatoms. The van der Waals surface area contributed by atoms with Crippen LogP contribution in [0.4, 0.5) is 10.1 Å². The molecule has 0 radical (unpaired) electrons. The maximum absolute atomic E-state index is 13.9. The number of carbonyl (C=O) groups excluding carboxylic acids is 1. The summed E-state index contributed by atoms with van der Waals surface area (Å²) in [4.78, 5) is 11.3. The van der Waals surface area contributed by atoms with Crippen molar-refractivity contribution in [2.24, 2.45) is 5.73 Å². The smallest absolute Gasteiger partial charge is 0.244 e. The van der Waals surface area contributed by atoms with Gasteiger partial charge in [-0.2, -0.15) is 0 Å². The number of nitrogens with one attached hydrogen (secondary N) is 2.